The van der Waals surface area contributed by atoms with Crippen molar-refractivity contribution in [3.8, 4) is 0 Å². The van der Waals surface area contributed by atoms with Gasteiger partial charge in [0.1, 0.15) is 0 Å². The van der Waals surface area contributed by atoms with Gasteiger partial charge in [-0.2, -0.15) is 0 Å². The second-order valence-electron chi connectivity index (χ2n) is 8.91. The zero-order chi connectivity index (χ0) is 23.6. The number of nitrogens with zero attached hydrogens (tertiary/aromatic N) is 4. The maximum atomic E-state index is 12.9. The van der Waals surface area contributed by atoms with Crippen LogP contribution >= 0.6 is 0 Å². The standard InChI is InChI=1S/C20H33N7O6/c28-13-20(22-18(32)25-9-3-4-10-25)15(30)14(29)16(21-17(31)24-7-1-2-8-24)27(20)23-19(33)26-11-5-6-12-26/h15,28-30H,1-13H2,(H,21,31)(H,22,32)(H,23,33). The zero-order valence-corrected chi connectivity index (χ0v) is 18.6. The number of carbonyl (C=O) groups excluding carboxylic acids is 3. The molecule has 4 rings (SSSR count). The Balaban J connectivity index is 1.61. The highest BCUT2D eigenvalue weighted by Crippen LogP contribution is 2.33. The highest BCUT2D eigenvalue weighted by molar-refractivity contribution is 5.79. The zero-order valence-electron chi connectivity index (χ0n) is 18.6. The minimum atomic E-state index is -2.01. The Morgan fingerprint density at radius 3 is 1.76 bits per heavy atom. The number of hydrogen-bond donors (Lipinski definition) is 6. The molecule has 2 unspecified atom stereocenters. The topological polar surface area (TPSA) is 161 Å². The van der Waals surface area contributed by atoms with Gasteiger partial charge in [-0.15, -0.1) is 0 Å². The van der Waals surface area contributed by atoms with Crippen molar-refractivity contribution in [2.75, 3.05) is 45.9 Å². The van der Waals surface area contributed by atoms with E-state index in [4.69, 9.17) is 0 Å². The quantitative estimate of drug-likeness (QED) is 0.322. The Morgan fingerprint density at radius 1 is 0.818 bits per heavy atom. The van der Waals surface area contributed by atoms with E-state index in [2.05, 4.69) is 16.1 Å². The van der Waals surface area contributed by atoms with Crippen LogP contribution in [0.3, 0.4) is 0 Å². The van der Waals surface area contributed by atoms with E-state index in [9.17, 15) is 29.7 Å². The number of amides is 6. The van der Waals surface area contributed by atoms with Gasteiger partial charge < -0.3 is 35.3 Å². The molecular weight excluding hydrogens is 434 g/mol. The third-order valence-corrected chi connectivity index (χ3v) is 6.75. The molecular formula is C20H33N7O6. The van der Waals surface area contributed by atoms with Gasteiger partial charge in [0.25, 0.3) is 0 Å². The summed E-state index contributed by atoms with van der Waals surface area (Å²) in [6, 6.07) is -1.60. The molecule has 13 heteroatoms. The van der Waals surface area contributed by atoms with Gasteiger partial charge in [0, 0.05) is 39.3 Å². The predicted octanol–water partition coefficient (Wildman–Crippen LogP) is -0.590. The fourth-order valence-electron chi connectivity index (χ4n) is 4.76. The van der Waals surface area contributed by atoms with Crippen LogP contribution in [0, 0.1) is 0 Å². The summed E-state index contributed by atoms with van der Waals surface area (Å²) in [5, 5.41) is 38.2. The summed E-state index contributed by atoms with van der Waals surface area (Å²) in [6.45, 7) is 2.32. The molecule has 0 bridgehead atoms. The summed E-state index contributed by atoms with van der Waals surface area (Å²) in [4.78, 5) is 43.2. The van der Waals surface area contributed by atoms with Gasteiger partial charge >= 0.3 is 18.1 Å². The average molecular weight is 468 g/mol. The van der Waals surface area contributed by atoms with Crippen LogP contribution in [0.5, 0.6) is 0 Å². The van der Waals surface area contributed by atoms with Crippen LogP contribution in [0.25, 0.3) is 0 Å². The number of rotatable bonds is 4. The van der Waals surface area contributed by atoms with E-state index < -0.39 is 42.2 Å². The van der Waals surface area contributed by atoms with E-state index in [1.807, 2.05) is 0 Å². The Morgan fingerprint density at radius 2 is 1.27 bits per heavy atom. The summed E-state index contributed by atoms with van der Waals surface area (Å²) in [7, 11) is 0. The van der Waals surface area contributed by atoms with Gasteiger partial charge in [-0.1, -0.05) is 0 Å². The average Bonchev–Trinajstić information content (AvgIpc) is 3.62. The molecule has 4 heterocycles. The minimum absolute atomic E-state index is 0.289. The van der Waals surface area contributed by atoms with Gasteiger partial charge in [0.15, 0.2) is 23.3 Å². The van der Waals surface area contributed by atoms with Crippen molar-refractivity contribution in [3.63, 3.8) is 0 Å². The molecule has 0 aromatic carbocycles. The van der Waals surface area contributed by atoms with Gasteiger partial charge in [0.2, 0.25) is 0 Å². The first-order valence-electron chi connectivity index (χ1n) is 11.6. The normalized spacial score (nSPS) is 27.5. The number of nitrogens with one attached hydrogen (secondary N) is 3. The Hall–Kier alpha value is -2.93. The third-order valence-electron chi connectivity index (χ3n) is 6.75. The lowest BCUT2D eigenvalue weighted by Gasteiger charge is -2.42. The maximum Gasteiger partial charge on any atom is 0.336 e. The van der Waals surface area contributed by atoms with E-state index >= 15 is 0 Å². The number of urea groups is 3. The fourth-order valence-corrected chi connectivity index (χ4v) is 4.76. The van der Waals surface area contributed by atoms with Gasteiger partial charge in [0.05, 0.1) is 6.61 Å². The number of hydrazine groups is 1. The van der Waals surface area contributed by atoms with Crippen LogP contribution in [0.2, 0.25) is 0 Å². The lowest BCUT2D eigenvalue weighted by Crippen LogP contribution is -2.72. The first-order chi connectivity index (χ1) is 15.9. The molecule has 0 aromatic heterocycles. The Bertz CT molecular complexity index is 805. The van der Waals surface area contributed by atoms with Crippen molar-refractivity contribution >= 4 is 18.1 Å². The molecule has 184 valence electrons. The SMILES string of the molecule is O=C(NC1=C(O)C(O)C(CO)(NC(=O)N2CCCC2)N1NC(=O)N1CCCC1)N1CCCC1. The molecule has 6 amide bonds. The number of carbonyl (C=O) groups is 3. The lowest BCUT2D eigenvalue weighted by molar-refractivity contribution is -0.0541. The van der Waals surface area contributed by atoms with Crippen molar-refractivity contribution in [1.29, 1.82) is 0 Å². The van der Waals surface area contributed by atoms with E-state index in [1.165, 1.54) is 4.90 Å². The highest BCUT2D eigenvalue weighted by Gasteiger charge is 2.56. The Kier molecular flexibility index (Phi) is 6.70. The molecule has 2 atom stereocenters. The van der Waals surface area contributed by atoms with Crippen LogP contribution in [0.4, 0.5) is 14.4 Å². The molecule has 33 heavy (non-hydrogen) atoms. The molecule has 0 aromatic rings. The van der Waals surface area contributed by atoms with Gasteiger partial charge in [-0.3, -0.25) is 5.32 Å². The van der Waals surface area contributed by atoms with Crippen LogP contribution < -0.4 is 16.1 Å². The summed E-state index contributed by atoms with van der Waals surface area (Å²) >= 11 is 0. The van der Waals surface area contributed by atoms with Gasteiger partial charge in [-0.25, -0.2) is 24.8 Å². The molecule has 6 N–H and O–H groups in total. The molecule has 3 saturated heterocycles. The molecule has 0 spiro atoms. The molecule has 0 aliphatic carbocycles. The van der Waals surface area contributed by atoms with Crippen molar-refractivity contribution in [2.24, 2.45) is 0 Å². The van der Waals surface area contributed by atoms with Crippen LogP contribution in [-0.2, 0) is 0 Å². The van der Waals surface area contributed by atoms with Crippen molar-refractivity contribution in [1.82, 2.24) is 35.8 Å². The van der Waals surface area contributed by atoms with Crippen molar-refractivity contribution in [2.45, 2.75) is 50.3 Å². The minimum Gasteiger partial charge on any atom is -0.506 e. The highest BCUT2D eigenvalue weighted by atomic mass is 16.3. The lowest BCUT2D eigenvalue weighted by atomic mass is 10.1. The first-order valence-corrected chi connectivity index (χ1v) is 11.6. The van der Waals surface area contributed by atoms with Crippen LogP contribution in [0.1, 0.15) is 38.5 Å². The molecule has 3 fully saturated rings. The first kappa shape index (κ1) is 23.2. The predicted molar refractivity (Wildman–Crippen MR) is 115 cm³/mol. The monoisotopic (exact) mass is 467 g/mol. The number of aliphatic hydroxyl groups is 3. The molecule has 4 aliphatic heterocycles. The molecule has 13 nitrogen and oxygen atoms in total. The maximum absolute atomic E-state index is 12.9. The number of aliphatic hydroxyl groups excluding tert-OH is 3. The Labute approximate surface area is 191 Å². The largest absolute Gasteiger partial charge is 0.506 e. The van der Waals surface area contributed by atoms with Crippen molar-refractivity contribution < 1.29 is 29.7 Å². The molecule has 4 aliphatic rings. The number of likely N-dealkylation sites (tertiary alicyclic amines) is 3. The third kappa shape index (κ3) is 4.34. The smallest absolute Gasteiger partial charge is 0.336 e. The van der Waals surface area contributed by atoms with Crippen molar-refractivity contribution in [3.05, 3.63) is 11.6 Å². The summed E-state index contributed by atoms with van der Waals surface area (Å²) < 4.78 is 0. The van der Waals surface area contributed by atoms with Crippen LogP contribution in [0.15, 0.2) is 11.6 Å². The second kappa shape index (κ2) is 9.51. The van der Waals surface area contributed by atoms with E-state index in [-0.39, 0.29) is 5.82 Å². The van der Waals surface area contributed by atoms with E-state index in [0.717, 1.165) is 43.5 Å². The second-order valence-corrected chi connectivity index (χ2v) is 8.91. The van der Waals surface area contributed by atoms with E-state index in [0.29, 0.717) is 39.3 Å². The van der Waals surface area contributed by atoms with E-state index in [1.54, 1.807) is 9.80 Å². The number of hydrogen-bond acceptors (Lipinski definition) is 7. The summed E-state index contributed by atoms with van der Waals surface area (Å²) in [5.74, 6) is -0.956. The van der Waals surface area contributed by atoms with Gasteiger partial charge in [-0.05, 0) is 38.5 Å². The summed E-state index contributed by atoms with van der Waals surface area (Å²) in [5.41, 5.74) is 0.574. The summed E-state index contributed by atoms with van der Waals surface area (Å²) in [6.07, 6.45) is 3.24. The molecule has 0 saturated carbocycles. The molecule has 0 radical (unpaired) electrons. The van der Waals surface area contributed by atoms with Crippen LogP contribution in [-0.4, -0.2) is 111 Å². The fraction of sp³-hybridized carbons (Fsp3) is 0.750.